The normalized spacial score (nSPS) is 11.1. The first-order valence-electron chi connectivity index (χ1n) is 13.5. The van der Waals surface area contributed by atoms with Crippen LogP contribution in [-0.4, -0.2) is 36.4 Å². The van der Waals surface area contributed by atoms with E-state index < -0.39 is 18.0 Å². The summed E-state index contributed by atoms with van der Waals surface area (Å²) in [7, 11) is 0. The number of alkyl carbamates (subject to hydrolysis) is 1. The topological polar surface area (TPSA) is 149 Å². The van der Waals surface area contributed by atoms with Crippen LogP contribution < -0.4 is 26.4 Å². The number of nitrogens with one attached hydrogen (secondary N) is 3. The van der Waals surface area contributed by atoms with Crippen LogP contribution in [0.4, 0.5) is 10.5 Å². The van der Waals surface area contributed by atoms with E-state index in [4.69, 9.17) is 15.2 Å². The van der Waals surface area contributed by atoms with Gasteiger partial charge in [0, 0.05) is 25.1 Å². The summed E-state index contributed by atoms with van der Waals surface area (Å²) in [6, 6.07) is 25.2. The van der Waals surface area contributed by atoms with Crippen LogP contribution in [0, 0.1) is 0 Å². The molecule has 3 aromatic carbocycles. The van der Waals surface area contributed by atoms with E-state index >= 15 is 0 Å². The number of anilines is 1. The molecule has 10 nitrogen and oxygen atoms in total. The number of rotatable bonds is 16. The third-order valence-electron chi connectivity index (χ3n) is 6.06. The molecule has 0 saturated heterocycles. The highest BCUT2D eigenvalue weighted by Crippen LogP contribution is 2.17. The number of unbranched alkanes of at least 4 members (excludes halogenated alkanes) is 1. The molecule has 0 aliphatic carbocycles. The summed E-state index contributed by atoms with van der Waals surface area (Å²) in [6.07, 6.45) is 0.778. The van der Waals surface area contributed by atoms with Gasteiger partial charge in [-0.05, 0) is 54.7 Å². The molecule has 10 heteroatoms. The first-order valence-corrected chi connectivity index (χ1v) is 13.5. The predicted octanol–water partition coefficient (Wildman–Crippen LogP) is 4.05. The number of hydrogen-bond acceptors (Lipinski definition) is 6. The fourth-order valence-corrected chi connectivity index (χ4v) is 3.81. The van der Waals surface area contributed by atoms with Crippen molar-refractivity contribution in [2.24, 2.45) is 5.73 Å². The molecule has 3 aromatic rings. The second-order valence-corrected chi connectivity index (χ2v) is 9.35. The Hall–Kier alpha value is -4.86. The van der Waals surface area contributed by atoms with Gasteiger partial charge in [-0.15, -0.1) is 0 Å². The fraction of sp³-hybridized carbons (Fsp3) is 0.290. The lowest BCUT2D eigenvalue weighted by atomic mass is 10.1. The number of carbonyl (C=O) groups excluding carboxylic acids is 4. The second-order valence-electron chi connectivity index (χ2n) is 9.35. The quantitative estimate of drug-likeness (QED) is 0.194. The lowest BCUT2D eigenvalue weighted by Crippen LogP contribution is -2.44. The van der Waals surface area contributed by atoms with Gasteiger partial charge in [0.25, 0.3) is 0 Å². The van der Waals surface area contributed by atoms with Gasteiger partial charge in [0.05, 0.1) is 0 Å². The first kappa shape index (κ1) is 30.7. The van der Waals surface area contributed by atoms with Crippen molar-refractivity contribution in [2.75, 3.05) is 11.9 Å². The third kappa shape index (κ3) is 12.2. The summed E-state index contributed by atoms with van der Waals surface area (Å²) < 4.78 is 10.9. The maximum Gasteiger partial charge on any atom is 0.408 e. The number of amides is 4. The van der Waals surface area contributed by atoms with Crippen molar-refractivity contribution in [3.8, 4) is 5.75 Å². The molecule has 41 heavy (non-hydrogen) atoms. The minimum Gasteiger partial charge on any atom is -0.489 e. The highest BCUT2D eigenvalue weighted by Gasteiger charge is 2.18. The Labute approximate surface area is 239 Å². The van der Waals surface area contributed by atoms with Crippen molar-refractivity contribution in [1.29, 1.82) is 0 Å². The van der Waals surface area contributed by atoms with Crippen molar-refractivity contribution in [3.63, 3.8) is 0 Å². The van der Waals surface area contributed by atoms with E-state index in [1.54, 1.807) is 24.3 Å². The zero-order valence-corrected chi connectivity index (χ0v) is 22.8. The van der Waals surface area contributed by atoms with Crippen LogP contribution >= 0.6 is 0 Å². The molecule has 0 bridgehead atoms. The van der Waals surface area contributed by atoms with Crippen LogP contribution in [-0.2, 0) is 32.3 Å². The molecule has 0 aliphatic rings. The molecular formula is C31H36N4O6. The Morgan fingerprint density at radius 1 is 0.732 bits per heavy atom. The van der Waals surface area contributed by atoms with Gasteiger partial charge in [-0.1, -0.05) is 60.7 Å². The van der Waals surface area contributed by atoms with Gasteiger partial charge in [-0.3, -0.25) is 14.4 Å². The summed E-state index contributed by atoms with van der Waals surface area (Å²) in [5.41, 5.74) is 7.90. The van der Waals surface area contributed by atoms with E-state index in [1.807, 2.05) is 60.7 Å². The molecule has 0 fully saturated rings. The molecule has 0 unspecified atom stereocenters. The molecular weight excluding hydrogens is 524 g/mol. The third-order valence-corrected chi connectivity index (χ3v) is 6.06. The summed E-state index contributed by atoms with van der Waals surface area (Å²) in [4.78, 5) is 48.1. The van der Waals surface area contributed by atoms with Crippen LogP contribution in [0.25, 0.3) is 0 Å². The summed E-state index contributed by atoms with van der Waals surface area (Å²) in [5.74, 6) is -0.496. The van der Waals surface area contributed by atoms with Crippen LogP contribution in [0.1, 0.15) is 43.2 Å². The number of carbonyl (C=O) groups is 4. The lowest BCUT2D eigenvalue weighted by molar-refractivity contribution is -0.124. The van der Waals surface area contributed by atoms with Crippen molar-refractivity contribution in [3.05, 3.63) is 96.1 Å². The minimum absolute atomic E-state index is 0.0385. The van der Waals surface area contributed by atoms with Crippen molar-refractivity contribution >= 4 is 29.5 Å². The number of ether oxygens (including phenoxy) is 2. The molecule has 1 atom stereocenters. The molecule has 0 spiro atoms. The maximum absolute atomic E-state index is 12.2. The van der Waals surface area contributed by atoms with E-state index in [-0.39, 0.29) is 31.3 Å². The monoisotopic (exact) mass is 560 g/mol. The lowest BCUT2D eigenvalue weighted by Gasteiger charge is -2.15. The molecule has 216 valence electrons. The fourth-order valence-electron chi connectivity index (χ4n) is 3.81. The Morgan fingerprint density at radius 2 is 1.34 bits per heavy atom. The molecule has 0 heterocycles. The Kier molecular flexibility index (Phi) is 12.7. The summed E-state index contributed by atoms with van der Waals surface area (Å²) in [5, 5.41) is 8.00. The van der Waals surface area contributed by atoms with Crippen LogP contribution in [0.3, 0.4) is 0 Å². The highest BCUT2D eigenvalue weighted by atomic mass is 16.5. The smallest absolute Gasteiger partial charge is 0.408 e. The average molecular weight is 561 g/mol. The Morgan fingerprint density at radius 3 is 1.98 bits per heavy atom. The van der Waals surface area contributed by atoms with E-state index in [9.17, 15) is 19.2 Å². The largest absolute Gasteiger partial charge is 0.489 e. The molecule has 4 amide bonds. The first-order chi connectivity index (χ1) is 19.9. The van der Waals surface area contributed by atoms with E-state index in [0.29, 0.717) is 43.9 Å². The number of primary amides is 1. The average Bonchev–Trinajstić information content (AvgIpc) is 2.99. The van der Waals surface area contributed by atoms with E-state index in [2.05, 4.69) is 16.0 Å². The van der Waals surface area contributed by atoms with Crippen molar-refractivity contribution < 1.29 is 28.7 Å². The Balaban J connectivity index is 1.25. The van der Waals surface area contributed by atoms with Crippen molar-refractivity contribution in [1.82, 2.24) is 10.6 Å². The second kappa shape index (κ2) is 17.0. The number of nitrogens with two attached hydrogens (primary N) is 1. The summed E-state index contributed by atoms with van der Waals surface area (Å²) in [6.45, 7) is 0.904. The van der Waals surface area contributed by atoms with Gasteiger partial charge >= 0.3 is 6.09 Å². The molecule has 0 radical (unpaired) electrons. The standard InChI is InChI=1S/C31H36N4O6/c32-30(38)27(35-31(39)41-22-24-11-5-2-6-12-24)13-7-8-20-33-28(36)18-19-29(37)34-25-14-16-26(17-15-25)40-21-23-9-3-1-4-10-23/h1-6,9-12,14-17,27H,7-8,13,18-22H2,(H2,32,38)(H,33,36)(H,34,37)(H,35,39)/t27-/m0/s1. The zero-order chi connectivity index (χ0) is 29.3. The van der Waals surface area contributed by atoms with Gasteiger partial charge in [0.2, 0.25) is 17.7 Å². The number of benzene rings is 3. The van der Waals surface area contributed by atoms with Gasteiger partial charge < -0.3 is 31.2 Å². The van der Waals surface area contributed by atoms with Gasteiger partial charge in [-0.25, -0.2) is 4.79 Å². The molecule has 0 aromatic heterocycles. The van der Waals surface area contributed by atoms with Crippen LogP contribution in [0.15, 0.2) is 84.9 Å². The highest BCUT2D eigenvalue weighted by molar-refractivity contribution is 5.93. The van der Waals surface area contributed by atoms with E-state index in [0.717, 1.165) is 11.1 Å². The minimum atomic E-state index is -0.873. The zero-order valence-electron chi connectivity index (χ0n) is 22.8. The maximum atomic E-state index is 12.2. The predicted molar refractivity (Wildman–Crippen MR) is 155 cm³/mol. The molecule has 0 aliphatic heterocycles. The van der Waals surface area contributed by atoms with E-state index in [1.165, 1.54) is 0 Å². The van der Waals surface area contributed by atoms with Gasteiger partial charge in [0.15, 0.2) is 0 Å². The van der Waals surface area contributed by atoms with Crippen LogP contribution in [0.5, 0.6) is 5.75 Å². The van der Waals surface area contributed by atoms with Gasteiger partial charge in [-0.2, -0.15) is 0 Å². The van der Waals surface area contributed by atoms with Crippen molar-refractivity contribution in [2.45, 2.75) is 51.4 Å². The number of hydrogen-bond donors (Lipinski definition) is 4. The van der Waals surface area contributed by atoms with Crippen LogP contribution in [0.2, 0.25) is 0 Å². The SMILES string of the molecule is NC(=O)[C@H](CCCCNC(=O)CCC(=O)Nc1ccc(OCc2ccccc2)cc1)NC(=O)OCc1ccccc1. The molecule has 3 rings (SSSR count). The Bertz CT molecular complexity index is 1250. The molecule has 0 saturated carbocycles. The molecule has 5 N–H and O–H groups in total. The van der Waals surface area contributed by atoms with Gasteiger partial charge in [0.1, 0.15) is 25.0 Å². The summed E-state index contributed by atoms with van der Waals surface area (Å²) >= 11 is 0.